The number of carbonyl (C=O) groups excluding carboxylic acids is 2. The van der Waals surface area contributed by atoms with Crippen LogP contribution in [0, 0.1) is 10.8 Å². The SMILES string of the molecule is CC(C)(C)C(=O)N1C(c2cccc(C3=N[C@@H](c4ccccc4)[C@H](c4ccccc4)N3C(=O)C(C)(C)C)n2)=N[C@@H](c2ccccc2)[C@@H]1c1ccccc1. The number of aliphatic imine (C=N–C) groups is 2. The Labute approximate surface area is 306 Å². The fourth-order valence-corrected chi connectivity index (χ4v) is 7.08. The van der Waals surface area contributed by atoms with Crippen LogP contribution in [-0.4, -0.2) is 38.3 Å². The van der Waals surface area contributed by atoms with E-state index in [-0.39, 0.29) is 36.0 Å². The maximum atomic E-state index is 14.5. The van der Waals surface area contributed by atoms with Crippen molar-refractivity contribution < 1.29 is 9.59 Å². The third-order valence-electron chi connectivity index (χ3n) is 9.63. The minimum atomic E-state index is -0.700. The molecule has 0 saturated heterocycles. The van der Waals surface area contributed by atoms with Gasteiger partial charge in [0.1, 0.15) is 23.5 Å². The molecule has 262 valence electrons. The van der Waals surface area contributed by atoms with Gasteiger partial charge in [-0.15, -0.1) is 0 Å². The summed E-state index contributed by atoms with van der Waals surface area (Å²) in [6.45, 7) is 11.6. The molecule has 5 aromatic rings. The molecular weight excluding hydrogens is 643 g/mol. The molecule has 7 nitrogen and oxygen atoms in total. The number of carbonyl (C=O) groups is 2. The Bertz CT molecular complexity index is 1970. The Morgan fingerprint density at radius 1 is 0.442 bits per heavy atom. The molecule has 0 fully saturated rings. The van der Waals surface area contributed by atoms with Gasteiger partial charge in [-0.25, -0.2) is 4.98 Å². The largest absolute Gasteiger partial charge is 0.285 e. The Morgan fingerprint density at radius 2 is 0.750 bits per heavy atom. The van der Waals surface area contributed by atoms with Gasteiger partial charge >= 0.3 is 0 Å². The number of hydrogen-bond donors (Lipinski definition) is 0. The first-order chi connectivity index (χ1) is 24.9. The van der Waals surface area contributed by atoms with Gasteiger partial charge < -0.3 is 0 Å². The zero-order chi connectivity index (χ0) is 36.6. The Morgan fingerprint density at radius 3 is 1.06 bits per heavy atom. The summed E-state index contributed by atoms with van der Waals surface area (Å²) in [4.78, 5) is 48.7. The van der Waals surface area contributed by atoms with E-state index in [0.717, 1.165) is 22.3 Å². The van der Waals surface area contributed by atoms with E-state index in [0.29, 0.717) is 23.1 Å². The van der Waals surface area contributed by atoms with Crippen molar-refractivity contribution in [3.8, 4) is 0 Å². The minimum Gasteiger partial charge on any atom is -0.285 e. The van der Waals surface area contributed by atoms with Crippen LogP contribution in [0.2, 0.25) is 0 Å². The highest BCUT2D eigenvalue weighted by molar-refractivity contribution is 6.12. The van der Waals surface area contributed by atoms with Crippen molar-refractivity contribution in [3.05, 3.63) is 173 Å². The predicted molar refractivity (Wildman–Crippen MR) is 207 cm³/mol. The average molecular weight is 688 g/mol. The van der Waals surface area contributed by atoms with Crippen LogP contribution < -0.4 is 0 Å². The molecule has 2 aliphatic rings. The van der Waals surface area contributed by atoms with Gasteiger partial charge in [-0.3, -0.25) is 29.4 Å². The summed E-state index contributed by atoms with van der Waals surface area (Å²) in [6, 6.07) is 44.7. The van der Waals surface area contributed by atoms with Crippen LogP contribution in [0.3, 0.4) is 0 Å². The summed E-state index contributed by atoms with van der Waals surface area (Å²) < 4.78 is 0. The molecule has 4 atom stereocenters. The molecule has 0 spiro atoms. The van der Waals surface area contributed by atoms with Gasteiger partial charge in [-0.1, -0.05) is 169 Å². The first-order valence-corrected chi connectivity index (χ1v) is 17.9. The molecule has 0 radical (unpaired) electrons. The molecular formula is C45H45N5O2. The number of rotatable bonds is 6. The zero-order valence-electron chi connectivity index (χ0n) is 30.6. The fraction of sp³-hybridized carbons (Fsp3) is 0.267. The quantitative estimate of drug-likeness (QED) is 0.179. The van der Waals surface area contributed by atoms with Crippen molar-refractivity contribution in [1.82, 2.24) is 14.8 Å². The van der Waals surface area contributed by atoms with Crippen LogP contribution in [0.4, 0.5) is 0 Å². The molecule has 7 rings (SSSR count). The number of benzene rings is 4. The van der Waals surface area contributed by atoms with E-state index < -0.39 is 10.8 Å². The minimum absolute atomic E-state index is 0.0539. The number of nitrogens with zero attached hydrogens (tertiary/aromatic N) is 5. The van der Waals surface area contributed by atoms with Crippen LogP contribution in [0.15, 0.2) is 150 Å². The highest BCUT2D eigenvalue weighted by Gasteiger charge is 2.47. The van der Waals surface area contributed by atoms with Crippen LogP contribution in [-0.2, 0) is 9.59 Å². The smallest absolute Gasteiger partial charge is 0.234 e. The number of aromatic nitrogens is 1. The first kappa shape index (κ1) is 34.7. The Kier molecular flexibility index (Phi) is 9.22. The number of amidine groups is 2. The van der Waals surface area contributed by atoms with E-state index in [9.17, 15) is 9.59 Å². The van der Waals surface area contributed by atoms with Crippen LogP contribution in [0.1, 0.15) is 99.4 Å². The highest BCUT2D eigenvalue weighted by atomic mass is 16.2. The molecule has 1 aromatic heterocycles. The molecule has 2 amide bonds. The van der Waals surface area contributed by atoms with Gasteiger partial charge in [0.2, 0.25) is 11.8 Å². The highest BCUT2D eigenvalue weighted by Crippen LogP contribution is 2.47. The molecule has 0 unspecified atom stereocenters. The monoisotopic (exact) mass is 687 g/mol. The van der Waals surface area contributed by atoms with Crippen molar-refractivity contribution in [2.75, 3.05) is 0 Å². The van der Waals surface area contributed by atoms with E-state index in [1.807, 2.05) is 142 Å². The molecule has 52 heavy (non-hydrogen) atoms. The maximum Gasteiger partial charge on any atom is 0.234 e. The third kappa shape index (κ3) is 6.59. The van der Waals surface area contributed by atoms with Crippen molar-refractivity contribution in [1.29, 1.82) is 0 Å². The van der Waals surface area contributed by atoms with Gasteiger partial charge in [0.25, 0.3) is 0 Å². The lowest BCUT2D eigenvalue weighted by atomic mass is 9.89. The zero-order valence-corrected chi connectivity index (χ0v) is 30.6. The molecule has 4 aromatic carbocycles. The first-order valence-electron chi connectivity index (χ1n) is 17.9. The molecule has 2 aliphatic heterocycles. The third-order valence-corrected chi connectivity index (χ3v) is 9.63. The van der Waals surface area contributed by atoms with E-state index in [2.05, 4.69) is 48.5 Å². The summed E-state index contributed by atoms with van der Waals surface area (Å²) in [5.41, 5.74) is 3.67. The Hall–Kier alpha value is -5.69. The molecule has 7 heteroatoms. The lowest BCUT2D eigenvalue weighted by Crippen LogP contribution is -2.45. The van der Waals surface area contributed by atoms with Crippen LogP contribution in [0.5, 0.6) is 0 Å². The molecule has 0 aliphatic carbocycles. The predicted octanol–water partition coefficient (Wildman–Crippen LogP) is 9.32. The van der Waals surface area contributed by atoms with Gasteiger partial charge in [0.15, 0.2) is 11.7 Å². The Balaban J connectivity index is 1.41. The normalized spacial score (nSPS) is 20.4. The molecule has 3 heterocycles. The van der Waals surface area contributed by atoms with E-state index in [1.54, 1.807) is 0 Å². The van der Waals surface area contributed by atoms with Gasteiger partial charge in [-0.2, -0.15) is 0 Å². The summed E-state index contributed by atoms with van der Waals surface area (Å²) in [6.07, 6.45) is 0. The number of pyridine rings is 1. The summed E-state index contributed by atoms with van der Waals surface area (Å²) >= 11 is 0. The summed E-state index contributed by atoms with van der Waals surface area (Å²) in [7, 11) is 0. The summed E-state index contributed by atoms with van der Waals surface area (Å²) in [5, 5.41) is 0. The molecule has 0 bridgehead atoms. The lowest BCUT2D eigenvalue weighted by Gasteiger charge is -2.34. The second-order valence-electron chi connectivity index (χ2n) is 15.6. The van der Waals surface area contributed by atoms with Gasteiger partial charge in [-0.05, 0) is 34.4 Å². The fourth-order valence-electron chi connectivity index (χ4n) is 7.08. The van der Waals surface area contributed by atoms with Crippen molar-refractivity contribution in [3.63, 3.8) is 0 Å². The van der Waals surface area contributed by atoms with Crippen molar-refractivity contribution in [2.45, 2.75) is 65.7 Å². The van der Waals surface area contributed by atoms with E-state index >= 15 is 0 Å². The van der Waals surface area contributed by atoms with E-state index in [4.69, 9.17) is 15.0 Å². The standard InChI is InChI=1S/C45H45N5O2/c1-44(2,3)42(51)49-38(32-24-15-9-16-25-32)36(30-20-11-7-12-21-30)47-40(49)34-28-19-29-35(46-34)41-48-37(31-22-13-8-14-23-31)39(33-26-17-10-18-27-33)50(41)43(52)45(4,5)6/h7-29,36-39H,1-6H3/t36-,37-,38-,39-/m0/s1. The number of amides is 2. The van der Waals surface area contributed by atoms with Gasteiger partial charge in [0.05, 0.1) is 12.1 Å². The molecule has 0 N–H and O–H groups in total. The second-order valence-corrected chi connectivity index (χ2v) is 15.6. The lowest BCUT2D eigenvalue weighted by molar-refractivity contribution is -0.137. The van der Waals surface area contributed by atoms with E-state index in [1.165, 1.54) is 0 Å². The topological polar surface area (TPSA) is 78.2 Å². The van der Waals surface area contributed by atoms with Crippen LogP contribution >= 0.6 is 0 Å². The molecule has 0 saturated carbocycles. The second kappa shape index (κ2) is 13.8. The maximum absolute atomic E-state index is 14.5. The van der Waals surface area contributed by atoms with Crippen molar-refractivity contribution >= 4 is 23.5 Å². The number of hydrogen-bond acceptors (Lipinski definition) is 5. The van der Waals surface area contributed by atoms with Gasteiger partial charge in [0, 0.05) is 10.8 Å². The van der Waals surface area contributed by atoms with Crippen molar-refractivity contribution in [2.24, 2.45) is 20.8 Å². The average Bonchev–Trinajstić information content (AvgIpc) is 3.75. The van der Waals surface area contributed by atoms with Crippen LogP contribution in [0.25, 0.3) is 0 Å². The summed E-state index contributed by atoms with van der Waals surface area (Å²) in [5.74, 6) is 0.885.